The second kappa shape index (κ2) is 50.3. The first-order chi connectivity index (χ1) is 34.7. The molecular weight excluding hydrogens is 895 g/mol. The van der Waals surface area contributed by atoms with E-state index in [2.05, 4.69) is 31.3 Å². The van der Waals surface area contributed by atoms with Gasteiger partial charge >= 0.3 is 5.97 Å². The Bertz CT molecular complexity index is 1230. The van der Waals surface area contributed by atoms with Crippen LogP contribution in [0.2, 0.25) is 0 Å². The van der Waals surface area contributed by atoms with E-state index in [4.69, 9.17) is 14.2 Å². The molecule has 1 aliphatic rings. The summed E-state index contributed by atoms with van der Waals surface area (Å²) in [7, 11) is 0. The van der Waals surface area contributed by atoms with E-state index in [1.165, 1.54) is 193 Å². The summed E-state index contributed by atoms with van der Waals surface area (Å²) >= 11 is 0. The quantitative estimate of drug-likeness (QED) is 0.0195. The van der Waals surface area contributed by atoms with Gasteiger partial charge in [-0.15, -0.1) is 0 Å². The van der Waals surface area contributed by atoms with Crippen LogP contribution in [0.4, 0.5) is 0 Å². The van der Waals surface area contributed by atoms with Gasteiger partial charge in [0, 0.05) is 12.8 Å². The summed E-state index contributed by atoms with van der Waals surface area (Å²) in [5.41, 5.74) is 0. The topological polar surface area (TPSA) is 175 Å². The molecule has 0 bridgehead atoms. The number of carbonyl (C=O) groups excluding carboxylic acids is 2. The molecular formula is C60H113NO10. The summed E-state index contributed by atoms with van der Waals surface area (Å²) in [5, 5.41) is 54.4. The maximum absolute atomic E-state index is 13.0. The smallest absolute Gasteiger partial charge is 0.305 e. The zero-order valence-corrected chi connectivity index (χ0v) is 45.9. The number of unbranched alkanes of at least 4 members (excludes halogenated alkanes) is 36. The molecule has 11 nitrogen and oxygen atoms in total. The zero-order valence-electron chi connectivity index (χ0n) is 45.9. The summed E-state index contributed by atoms with van der Waals surface area (Å²) in [6.07, 6.45) is 49.7. The molecule has 0 saturated carbocycles. The minimum Gasteiger partial charge on any atom is -0.466 e. The number of nitrogens with one attached hydrogen (secondary N) is 1. The first-order valence-corrected chi connectivity index (χ1v) is 30.1. The van der Waals surface area contributed by atoms with Crippen LogP contribution in [0.5, 0.6) is 0 Å². The van der Waals surface area contributed by atoms with E-state index >= 15 is 0 Å². The Morgan fingerprint density at radius 3 is 1.39 bits per heavy atom. The van der Waals surface area contributed by atoms with Gasteiger partial charge in [-0.2, -0.15) is 0 Å². The number of esters is 1. The Labute approximate surface area is 435 Å². The predicted octanol–water partition coefficient (Wildman–Crippen LogP) is 13.7. The molecule has 1 aliphatic heterocycles. The number of hydrogen-bond acceptors (Lipinski definition) is 10. The SMILES string of the molecule is CCCCCCCCCC/C=C/CC/C=C/C(O)C(COC1OC(CO)C(O)C(O)C1O)NC(=O)CCCCCCCCCCCCCCCCCCCCOC(=O)CCCCCCCCCCCCC. The van der Waals surface area contributed by atoms with Crippen LogP contribution >= 0.6 is 0 Å². The number of aliphatic hydroxyl groups excluding tert-OH is 5. The average molecular weight is 1010 g/mol. The summed E-state index contributed by atoms with van der Waals surface area (Å²) in [6.45, 7) is 4.32. The molecule has 0 aromatic carbocycles. The van der Waals surface area contributed by atoms with Crippen molar-refractivity contribution in [1.29, 1.82) is 0 Å². The van der Waals surface area contributed by atoms with Gasteiger partial charge in [0.05, 0.1) is 32.0 Å². The van der Waals surface area contributed by atoms with Crippen LogP contribution in [-0.2, 0) is 23.8 Å². The van der Waals surface area contributed by atoms with Crippen LogP contribution in [0.25, 0.3) is 0 Å². The lowest BCUT2D eigenvalue weighted by atomic mass is 9.99. The van der Waals surface area contributed by atoms with E-state index in [0.717, 1.165) is 64.2 Å². The minimum atomic E-state index is -1.58. The van der Waals surface area contributed by atoms with Crippen molar-refractivity contribution >= 4 is 11.9 Å². The van der Waals surface area contributed by atoms with Crippen molar-refractivity contribution in [3.05, 3.63) is 24.3 Å². The predicted molar refractivity (Wildman–Crippen MR) is 292 cm³/mol. The molecule has 1 saturated heterocycles. The fourth-order valence-corrected chi connectivity index (χ4v) is 9.51. The molecule has 0 spiro atoms. The summed E-state index contributed by atoms with van der Waals surface area (Å²) in [4.78, 5) is 25.1. The lowest BCUT2D eigenvalue weighted by Gasteiger charge is -2.40. The van der Waals surface area contributed by atoms with E-state index in [1.807, 2.05) is 6.08 Å². The first-order valence-electron chi connectivity index (χ1n) is 30.1. The standard InChI is InChI=1S/C60H113NO10/c1-3-5-7-9-11-13-15-16-23-27-30-34-38-42-46-53(63)52(51-70-60-59(68)58(67)57(66)54(50-62)71-60)61-55(64)47-43-39-35-31-28-24-21-19-17-18-20-22-25-29-33-37-41-45-49-69-56(65)48-44-40-36-32-26-14-12-10-8-6-4-2/h27,30,42,46,52-54,57-60,62-63,66-68H,3-26,28-29,31-41,43-45,47-51H2,1-2H3,(H,61,64)/b30-27+,46-42+. The molecule has 1 amide bonds. The van der Waals surface area contributed by atoms with Gasteiger partial charge in [0.25, 0.3) is 0 Å². The fourth-order valence-electron chi connectivity index (χ4n) is 9.51. The molecule has 0 aromatic rings. The maximum atomic E-state index is 13.0. The van der Waals surface area contributed by atoms with Gasteiger partial charge in [0.15, 0.2) is 6.29 Å². The third-order valence-electron chi connectivity index (χ3n) is 14.3. The Morgan fingerprint density at radius 2 is 0.915 bits per heavy atom. The van der Waals surface area contributed by atoms with Crippen molar-refractivity contribution in [3.63, 3.8) is 0 Å². The third-order valence-corrected chi connectivity index (χ3v) is 14.3. The highest BCUT2D eigenvalue weighted by Gasteiger charge is 2.44. The number of rotatable bonds is 52. The van der Waals surface area contributed by atoms with Gasteiger partial charge in [0.1, 0.15) is 24.4 Å². The normalized spacial score (nSPS) is 19.2. The number of allylic oxidation sites excluding steroid dienone is 3. The summed E-state index contributed by atoms with van der Waals surface area (Å²) in [5.74, 6) is -0.204. The summed E-state index contributed by atoms with van der Waals surface area (Å²) in [6, 6.07) is -0.830. The molecule has 418 valence electrons. The van der Waals surface area contributed by atoms with Crippen molar-refractivity contribution < 1.29 is 49.3 Å². The van der Waals surface area contributed by atoms with E-state index in [-0.39, 0.29) is 18.5 Å². The molecule has 1 rings (SSSR count). The van der Waals surface area contributed by atoms with Crippen molar-refractivity contribution in [3.8, 4) is 0 Å². The number of carbonyl (C=O) groups is 2. The lowest BCUT2D eigenvalue weighted by Crippen LogP contribution is -2.60. The monoisotopic (exact) mass is 1010 g/mol. The fraction of sp³-hybridized carbons (Fsp3) is 0.900. The second-order valence-electron chi connectivity index (χ2n) is 21.1. The number of hydrogen-bond donors (Lipinski definition) is 6. The highest BCUT2D eigenvalue weighted by Crippen LogP contribution is 2.23. The van der Waals surface area contributed by atoms with Crippen LogP contribution in [0.3, 0.4) is 0 Å². The first kappa shape index (κ1) is 67.2. The van der Waals surface area contributed by atoms with Gasteiger partial charge in [-0.25, -0.2) is 0 Å². The van der Waals surface area contributed by atoms with Crippen molar-refractivity contribution in [2.24, 2.45) is 0 Å². The van der Waals surface area contributed by atoms with E-state index < -0.39 is 49.5 Å². The van der Waals surface area contributed by atoms with E-state index in [0.29, 0.717) is 19.4 Å². The lowest BCUT2D eigenvalue weighted by molar-refractivity contribution is -0.302. The molecule has 7 unspecified atom stereocenters. The third kappa shape index (κ3) is 40.2. The molecule has 0 aliphatic carbocycles. The second-order valence-corrected chi connectivity index (χ2v) is 21.1. The van der Waals surface area contributed by atoms with E-state index in [1.54, 1.807) is 6.08 Å². The highest BCUT2D eigenvalue weighted by molar-refractivity contribution is 5.76. The van der Waals surface area contributed by atoms with Crippen LogP contribution < -0.4 is 5.32 Å². The summed E-state index contributed by atoms with van der Waals surface area (Å²) < 4.78 is 16.7. The van der Waals surface area contributed by atoms with Gasteiger partial charge in [-0.1, -0.05) is 250 Å². The van der Waals surface area contributed by atoms with Crippen LogP contribution in [0, 0.1) is 0 Å². The van der Waals surface area contributed by atoms with Crippen molar-refractivity contribution in [2.75, 3.05) is 19.8 Å². The zero-order chi connectivity index (χ0) is 51.7. The van der Waals surface area contributed by atoms with E-state index in [9.17, 15) is 35.1 Å². The van der Waals surface area contributed by atoms with Crippen LogP contribution in [0.15, 0.2) is 24.3 Å². The highest BCUT2D eigenvalue weighted by atomic mass is 16.7. The van der Waals surface area contributed by atoms with Crippen molar-refractivity contribution in [2.45, 2.75) is 326 Å². The molecule has 1 heterocycles. The average Bonchev–Trinajstić information content (AvgIpc) is 3.37. The Hall–Kier alpha value is -1.86. The number of ether oxygens (including phenoxy) is 3. The molecule has 0 radical (unpaired) electrons. The van der Waals surface area contributed by atoms with Crippen molar-refractivity contribution in [1.82, 2.24) is 5.32 Å². The number of aliphatic hydroxyl groups is 5. The maximum Gasteiger partial charge on any atom is 0.305 e. The van der Waals surface area contributed by atoms with Gasteiger partial charge in [-0.05, 0) is 44.9 Å². The largest absolute Gasteiger partial charge is 0.466 e. The molecule has 11 heteroatoms. The molecule has 6 N–H and O–H groups in total. The van der Waals surface area contributed by atoms with Gasteiger partial charge in [0.2, 0.25) is 5.91 Å². The molecule has 1 fully saturated rings. The van der Waals surface area contributed by atoms with Crippen LogP contribution in [0.1, 0.15) is 284 Å². The molecule has 7 atom stereocenters. The Morgan fingerprint density at radius 1 is 0.507 bits per heavy atom. The number of amides is 1. The Kier molecular flexibility index (Phi) is 47.6. The minimum absolute atomic E-state index is 0.00916. The van der Waals surface area contributed by atoms with Crippen LogP contribution in [-0.4, -0.2) is 100 Å². The molecule has 0 aromatic heterocycles. The Balaban J connectivity index is 2.11. The van der Waals surface area contributed by atoms with Gasteiger partial charge < -0.3 is 45.1 Å². The molecule has 71 heavy (non-hydrogen) atoms. The van der Waals surface area contributed by atoms with Gasteiger partial charge in [-0.3, -0.25) is 9.59 Å².